The van der Waals surface area contributed by atoms with Crippen LogP contribution in [0.25, 0.3) is 0 Å². The minimum Gasteiger partial charge on any atom is -0.482 e. The molecule has 1 amide bonds. The number of nitrogens with one attached hydrogen (secondary N) is 1. The maximum absolute atomic E-state index is 13.5. The fraction of sp³-hybridized carbons (Fsp3) is 0.133. The normalized spacial score (nSPS) is 14.9. The molecule has 0 aliphatic carbocycles. The molecule has 1 unspecified atom stereocenters. The van der Waals surface area contributed by atoms with Crippen LogP contribution in [0.4, 0.5) is 10.1 Å². The third-order valence-electron chi connectivity index (χ3n) is 3.17. The predicted octanol–water partition coefficient (Wildman–Crippen LogP) is 4.14. The smallest absolute Gasteiger partial charge is 0.262 e. The zero-order valence-electron chi connectivity index (χ0n) is 10.7. The summed E-state index contributed by atoms with van der Waals surface area (Å²) in [5.74, 6) is -0.151. The highest BCUT2D eigenvalue weighted by Crippen LogP contribution is 2.36. The van der Waals surface area contributed by atoms with Crippen molar-refractivity contribution in [3.8, 4) is 5.75 Å². The summed E-state index contributed by atoms with van der Waals surface area (Å²) in [6.07, 6.45) is 0. The van der Waals surface area contributed by atoms with Gasteiger partial charge in [0.1, 0.15) is 11.6 Å². The summed E-state index contributed by atoms with van der Waals surface area (Å²) in [7, 11) is 0. The Bertz CT molecular complexity index is 721. The van der Waals surface area contributed by atoms with Crippen LogP contribution in [-0.2, 0) is 4.79 Å². The number of fused-ring (bicyclic) bond motifs is 1. The molecular weight excluding hydrogens is 316 g/mol. The van der Waals surface area contributed by atoms with E-state index in [2.05, 4.69) is 5.32 Å². The molecule has 1 heterocycles. The van der Waals surface area contributed by atoms with Crippen LogP contribution in [0.5, 0.6) is 5.75 Å². The number of anilines is 1. The maximum atomic E-state index is 13.5. The molecule has 21 heavy (non-hydrogen) atoms. The molecular formula is C15H10Cl2FNO2. The van der Waals surface area contributed by atoms with Crippen molar-refractivity contribution in [2.24, 2.45) is 0 Å². The molecule has 1 aliphatic heterocycles. The highest BCUT2D eigenvalue weighted by atomic mass is 35.5. The van der Waals surface area contributed by atoms with Crippen LogP contribution >= 0.6 is 23.2 Å². The predicted molar refractivity (Wildman–Crippen MR) is 79.7 cm³/mol. The summed E-state index contributed by atoms with van der Waals surface area (Å²) in [5.41, 5.74) is 1.87. The van der Waals surface area contributed by atoms with Crippen LogP contribution < -0.4 is 10.1 Å². The van der Waals surface area contributed by atoms with E-state index >= 15 is 0 Å². The number of rotatable bonds is 2. The van der Waals surface area contributed by atoms with Crippen molar-refractivity contribution in [2.45, 2.75) is 5.38 Å². The highest BCUT2D eigenvalue weighted by molar-refractivity contribution is 6.30. The van der Waals surface area contributed by atoms with Crippen LogP contribution in [0.3, 0.4) is 0 Å². The molecule has 3 nitrogen and oxygen atoms in total. The van der Waals surface area contributed by atoms with Gasteiger partial charge >= 0.3 is 0 Å². The van der Waals surface area contributed by atoms with E-state index in [-0.39, 0.29) is 17.5 Å². The van der Waals surface area contributed by atoms with Crippen LogP contribution in [0.2, 0.25) is 5.02 Å². The molecule has 0 bridgehead atoms. The molecule has 1 N–H and O–H groups in total. The van der Waals surface area contributed by atoms with E-state index in [4.69, 9.17) is 27.9 Å². The van der Waals surface area contributed by atoms with Crippen LogP contribution in [0.1, 0.15) is 16.5 Å². The fourth-order valence-corrected chi connectivity index (χ4v) is 2.51. The number of alkyl halides is 1. The lowest BCUT2D eigenvalue weighted by molar-refractivity contribution is -0.118. The first-order valence-corrected chi connectivity index (χ1v) is 7.01. The Kier molecular flexibility index (Phi) is 3.74. The lowest BCUT2D eigenvalue weighted by atomic mass is 10.0. The lowest BCUT2D eigenvalue weighted by Gasteiger charge is -2.20. The van der Waals surface area contributed by atoms with Gasteiger partial charge in [0.15, 0.2) is 6.61 Å². The largest absolute Gasteiger partial charge is 0.482 e. The first-order valence-electron chi connectivity index (χ1n) is 6.20. The van der Waals surface area contributed by atoms with Crippen molar-refractivity contribution < 1.29 is 13.9 Å². The summed E-state index contributed by atoms with van der Waals surface area (Å²) in [5, 5.41) is 2.20. The topological polar surface area (TPSA) is 38.3 Å². The molecule has 1 atom stereocenters. The standard InChI is InChI=1S/C15H10Cl2FNO2/c16-10-3-1-8(5-11(10)18)15(17)9-2-4-13-12(6-9)19-14(20)7-21-13/h1-6,15H,7H2,(H,19,20). The van der Waals surface area contributed by atoms with Gasteiger partial charge in [-0.1, -0.05) is 23.7 Å². The molecule has 0 fully saturated rings. The summed E-state index contributed by atoms with van der Waals surface area (Å²) in [6, 6.07) is 9.65. The van der Waals surface area contributed by atoms with Crippen molar-refractivity contribution in [2.75, 3.05) is 11.9 Å². The first kappa shape index (κ1) is 14.2. The molecule has 0 saturated carbocycles. The van der Waals surface area contributed by atoms with Crippen molar-refractivity contribution in [1.29, 1.82) is 0 Å². The van der Waals surface area contributed by atoms with E-state index in [9.17, 15) is 9.18 Å². The Morgan fingerprint density at radius 1 is 1.19 bits per heavy atom. The molecule has 108 valence electrons. The Labute approximate surface area is 130 Å². The molecule has 0 spiro atoms. The molecule has 3 rings (SSSR count). The van der Waals surface area contributed by atoms with E-state index in [0.717, 1.165) is 5.56 Å². The van der Waals surface area contributed by atoms with Gasteiger partial charge in [-0.25, -0.2) is 4.39 Å². The number of benzene rings is 2. The average molecular weight is 326 g/mol. The van der Waals surface area contributed by atoms with Gasteiger partial charge in [-0.2, -0.15) is 0 Å². The number of carbonyl (C=O) groups is 1. The Morgan fingerprint density at radius 2 is 1.90 bits per heavy atom. The Hall–Kier alpha value is -1.78. The van der Waals surface area contributed by atoms with Crippen molar-refractivity contribution in [3.05, 3.63) is 58.4 Å². The second-order valence-electron chi connectivity index (χ2n) is 4.63. The SMILES string of the molecule is O=C1COc2ccc(C(Cl)c3ccc(Cl)c(F)c3)cc2N1. The van der Waals surface area contributed by atoms with Gasteiger partial charge in [0.2, 0.25) is 0 Å². The summed E-state index contributed by atoms with van der Waals surface area (Å²) in [6.45, 7) is -0.000947. The molecule has 6 heteroatoms. The number of amides is 1. The van der Waals surface area contributed by atoms with Crippen LogP contribution in [-0.4, -0.2) is 12.5 Å². The quantitative estimate of drug-likeness (QED) is 0.843. The second kappa shape index (κ2) is 5.54. The van der Waals surface area contributed by atoms with Gasteiger partial charge in [0.05, 0.1) is 16.1 Å². The minimum atomic E-state index is -0.555. The molecule has 2 aromatic rings. The van der Waals surface area contributed by atoms with Crippen LogP contribution in [0.15, 0.2) is 36.4 Å². The fourth-order valence-electron chi connectivity index (χ4n) is 2.12. The number of hydrogen-bond acceptors (Lipinski definition) is 2. The van der Waals surface area contributed by atoms with Gasteiger partial charge in [0.25, 0.3) is 5.91 Å². The van der Waals surface area contributed by atoms with Gasteiger partial charge in [-0.3, -0.25) is 4.79 Å². The van der Waals surface area contributed by atoms with Crippen molar-refractivity contribution in [3.63, 3.8) is 0 Å². The van der Waals surface area contributed by atoms with Crippen molar-refractivity contribution >= 4 is 34.8 Å². The maximum Gasteiger partial charge on any atom is 0.262 e. The number of hydrogen-bond donors (Lipinski definition) is 1. The molecule has 0 radical (unpaired) electrons. The van der Waals surface area contributed by atoms with Gasteiger partial charge in [-0.05, 0) is 35.4 Å². The number of halogens is 3. The second-order valence-corrected chi connectivity index (χ2v) is 5.47. The monoisotopic (exact) mass is 325 g/mol. The molecule has 2 aromatic carbocycles. The van der Waals surface area contributed by atoms with E-state index in [1.807, 2.05) is 0 Å². The molecule has 1 aliphatic rings. The zero-order valence-corrected chi connectivity index (χ0v) is 12.2. The Morgan fingerprint density at radius 3 is 2.67 bits per heavy atom. The van der Waals surface area contributed by atoms with E-state index < -0.39 is 11.2 Å². The van der Waals surface area contributed by atoms with Gasteiger partial charge in [-0.15, -0.1) is 11.6 Å². The van der Waals surface area contributed by atoms with Gasteiger partial charge in [0, 0.05) is 0 Å². The molecule has 0 aromatic heterocycles. The summed E-state index contributed by atoms with van der Waals surface area (Å²) < 4.78 is 18.8. The Balaban J connectivity index is 1.94. The van der Waals surface area contributed by atoms with E-state index in [1.165, 1.54) is 12.1 Å². The lowest BCUT2D eigenvalue weighted by Crippen LogP contribution is -2.25. The number of carbonyl (C=O) groups excluding carboxylic acids is 1. The summed E-state index contributed by atoms with van der Waals surface area (Å²) >= 11 is 12.0. The summed E-state index contributed by atoms with van der Waals surface area (Å²) in [4.78, 5) is 11.3. The van der Waals surface area contributed by atoms with Gasteiger partial charge < -0.3 is 10.1 Å². The first-order chi connectivity index (χ1) is 10.0. The average Bonchev–Trinajstić information content (AvgIpc) is 2.48. The zero-order chi connectivity index (χ0) is 15.0. The van der Waals surface area contributed by atoms with E-state index in [1.54, 1.807) is 24.3 Å². The molecule has 0 saturated heterocycles. The van der Waals surface area contributed by atoms with E-state index in [0.29, 0.717) is 17.0 Å². The number of ether oxygens (including phenoxy) is 1. The minimum absolute atomic E-state index is 0.000947. The third kappa shape index (κ3) is 2.82. The van der Waals surface area contributed by atoms with Crippen LogP contribution in [0, 0.1) is 5.82 Å². The van der Waals surface area contributed by atoms with Crippen molar-refractivity contribution in [1.82, 2.24) is 0 Å². The third-order valence-corrected chi connectivity index (χ3v) is 3.98. The highest BCUT2D eigenvalue weighted by Gasteiger charge is 2.19.